The predicted molar refractivity (Wildman–Crippen MR) is 67.5 cm³/mol. The summed E-state index contributed by atoms with van der Waals surface area (Å²) in [5.74, 6) is 4.49. The molecule has 1 aromatic heterocycles. The third kappa shape index (κ3) is 4.67. The average Bonchev–Trinajstić information content (AvgIpc) is 2.43. The molecule has 0 saturated carbocycles. The van der Waals surface area contributed by atoms with E-state index in [1.165, 1.54) is 19.3 Å². The zero-order valence-electron chi connectivity index (χ0n) is 10.2. The number of hydrogen-bond acceptors (Lipinski definition) is 5. The van der Waals surface area contributed by atoms with E-state index < -0.39 is 15.9 Å². The number of aliphatic hydroxyl groups excluding tert-OH is 1. The molecule has 7 nitrogen and oxygen atoms in total. The molecule has 0 fully saturated rings. The molecule has 0 saturated heterocycles. The smallest absolute Gasteiger partial charge is 0.242 e. The molecular formula is C11H13N3O4S. The summed E-state index contributed by atoms with van der Waals surface area (Å²) in [5.41, 5.74) is 0.358. The summed E-state index contributed by atoms with van der Waals surface area (Å²) in [5, 5.41) is 10.9. The Hall–Kier alpha value is -1.95. The van der Waals surface area contributed by atoms with Gasteiger partial charge in [0.1, 0.15) is 11.5 Å². The topological polar surface area (TPSA) is 108 Å². The molecule has 1 rings (SSSR count). The quantitative estimate of drug-likeness (QED) is 0.580. The van der Waals surface area contributed by atoms with Crippen LogP contribution in [0.1, 0.15) is 5.56 Å². The van der Waals surface area contributed by atoms with Crippen LogP contribution >= 0.6 is 0 Å². The molecule has 0 radical (unpaired) electrons. The minimum absolute atomic E-state index is 0.0962. The number of likely N-dealkylation sites (N-methyl/N-ethyl adjacent to an activating group) is 1. The molecule has 0 spiro atoms. The molecule has 0 aliphatic rings. The van der Waals surface area contributed by atoms with Crippen LogP contribution in [0, 0.1) is 11.8 Å². The maximum Gasteiger partial charge on any atom is 0.242 e. The summed E-state index contributed by atoms with van der Waals surface area (Å²) >= 11 is 0. The number of amides is 1. The molecule has 0 aliphatic heterocycles. The number of nitrogens with zero attached hydrogens (tertiary/aromatic N) is 1. The lowest BCUT2D eigenvalue weighted by molar-refractivity contribution is -0.119. The molecule has 1 heterocycles. The molecule has 19 heavy (non-hydrogen) atoms. The highest BCUT2D eigenvalue weighted by Gasteiger charge is 2.15. The largest absolute Gasteiger partial charge is 0.384 e. The first-order valence-electron chi connectivity index (χ1n) is 5.24. The molecule has 1 aromatic rings. The summed E-state index contributed by atoms with van der Waals surface area (Å²) in [6.07, 6.45) is 2.52. The number of sulfonamides is 1. The molecule has 102 valence electrons. The fraction of sp³-hybridized carbons (Fsp3) is 0.273. The maximum absolute atomic E-state index is 11.8. The third-order valence-corrected chi connectivity index (χ3v) is 3.41. The Bertz CT molecular complexity index is 616. The van der Waals surface area contributed by atoms with Gasteiger partial charge in [0.25, 0.3) is 0 Å². The second kappa shape index (κ2) is 6.84. The van der Waals surface area contributed by atoms with Crippen molar-refractivity contribution in [2.75, 3.05) is 20.2 Å². The average molecular weight is 283 g/mol. The van der Waals surface area contributed by atoms with Gasteiger partial charge in [0, 0.05) is 25.0 Å². The highest BCUT2D eigenvalue weighted by molar-refractivity contribution is 7.89. The molecule has 0 unspecified atom stereocenters. The van der Waals surface area contributed by atoms with Crippen LogP contribution in [-0.4, -0.2) is 44.6 Å². The van der Waals surface area contributed by atoms with Crippen molar-refractivity contribution >= 4 is 15.9 Å². The van der Waals surface area contributed by atoms with Crippen molar-refractivity contribution in [1.29, 1.82) is 0 Å². The summed E-state index contributed by atoms with van der Waals surface area (Å²) in [4.78, 5) is 14.6. The summed E-state index contributed by atoms with van der Waals surface area (Å²) < 4.78 is 25.8. The van der Waals surface area contributed by atoms with Gasteiger partial charge in [-0.2, -0.15) is 0 Å². The van der Waals surface area contributed by atoms with Crippen LogP contribution in [0.5, 0.6) is 0 Å². The number of rotatable bonds is 4. The van der Waals surface area contributed by atoms with E-state index in [4.69, 9.17) is 5.11 Å². The Kier molecular flexibility index (Phi) is 5.44. The highest BCUT2D eigenvalue weighted by Crippen LogP contribution is 2.08. The van der Waals surface area contributed by atoms with E-state index in [-0.39, 0.29) is 18.0 Å². The van der Waals surface area contributed by atoms with Gasteiger partial charge >= 0.3 is 0 Å². The van der Waals surface area contributed by atoms with Gasteiger partial charge in [-0.15, -0.1) is 0 Å². The van der Waals surface area contributed by atoms with Crippen molar-refractivity contribution in [2.24, 2.45) is 0 Å². The first-order chi connectivity index (χ1) is 8.99. The SMILES string of the molecule is CNC(=O)CNS(=O)(=O)c1cncc(C#CCO)c1. The standard InChI is InChI=1S/C11H13N3O4S/c1-12-11(16)8-14-19(17,18)10-5-9(3-2-4-15)6-13-7-10/h5-7,14-15H,4,8H2,1H3,(H,12,16). The molecule has 1 amide bonds. The second-order valence-electron chi connectivity index (χ2n) is 3.37. The molecular weight excluding hydrogens is 270 g/mol. The lowest BCUT2D eigenvalue weighted by atomic mass is 10.3. The Labute approximate surface area is 111 Å². The highest BCUT2D eigenvalue weighted by atomic mass is 32.2. The molecule has 0 aliphatic carbocycles. The van der Waals surface area contributed by atoms with Crippen molar-refractivity contribution in [3.05, 3.63) is 24.0 Å². The number of hydrogen-bond donors (Lipinski definition) is 3. The number of carbonyl (C=O) groups excluding carboxylic acids is 1. The summed E-state index contributed by atoms with van der Waals surface area (Å²) in [7, 11) is -2.41. The Morgan fingerprint density at radius 1 is 1.47 bits per heavy atom. The van der Waals surface area contributed by atoms with Crippen molar-refractivity contribution in [2.45, 2.75) is 4.90 Å². The van der Waals surface area contributed by atoms with Crippen molar-refractivity contribution in [3.8, 4) is 11.8 Å². The van der Waals surface area contributed by atoms with Gasteiger partial charge in [-0.3, -0.25) is 9.78 Å². The number of aliphatic hydroxyl groups is 1. The monoisotopic (exact) mass is 283 g/mol. The predicted octanol–water partition coefficient (Wildman–Crippen LogP) is -1.55. The normalized spacial score (nSPS) is 10.4. The summed E-state index contributed by atoms with van der Waals surface area (Å²) in [6.45, 7) is -0.683. The zero-order valence-corrected chi connectivity index (χ0v) is 11.0. The van der Waals surface area contributed by atoms with Gasteiger partial charge in [-0.1, -0.05) is 11.8 Å². The molecule has 8 heteroatoms. The van der Waals surface area contributed by atoms with Gasteiger partial charge in [0.05, 0.1) is 6.54 Å². The number of aromatic nitrogens is 1. The lowest BCUT2D eigenvalue weighted by Gasteiger charge is -2.05. The van der Waals surface area contributed by atoms with E-state index in [2.05, 4.69) is 26.9 Å². The van der Waals surface area contributed by atoms with Crippen LogP contribution in [0.4, 0.5) is 0 Å². The third-order valence-electron chi connectivity index (χ3n) is 2.04. The van der Waals surface area contributed by atoms with Crippen molar-refractivity contribution in [1.82, 2.24) is 15.0 Å². The van der Waals surface area contributed by atoms with Crippen molar-refractivity contribution < 1.29 is 18.3 Å². The zero-order chi connectivity index (χ0) is 14.3. The van der Waals surface area contributed by atoms with Gasteiger partial charge < -0.3 is 10.4 Å². The minimum Gasteiger partial charge on any atom is -0.384 e. The van der Waals surface area contributed by atoms with Crippen LogP contribution in [0.2, 0.25) is 0 Å². The second-order valence-corrected chi connectivity index (χ2v) is 5.13. The lowest BCUT2D eigenvalue weighted by Crippen LogP contribution is -2.35. The van der Waals surface area contributed by atoms with Crippen LogP contribution < -0.4 is 10.0 Å². The molecule has 0 bridgehead atoms. The Balaban J connectivity index is 2.92. The van der Waals surface area contributed by atoms with Gasteiger partial charge in [-0.05, 0) is 6.07 Å². The van der Waals surface area contributed by atoms with Gasteiger partial charge in [0.2, 0.25) is 15.9 Å². The van der Waals surface area contributed by atoms with Crippen LogP contribution in [-0.2, 0) is 14.8 Å². The van der Waals surface area contributed by atoms with E-state index in [0.29, 0.717) is 5.56 Å². The fourth-order valence-electron chi connectivity index (χ4n) is 1.11. The van der Waals surface area contributed by atoms with E-state index in [1.807, 2.05) is 0 Å². The maximum atomic E-state index is 11.8. The molecule has 3 N–H and O–H groups in total. The van der Waals surface area contributed by atoms with E-state index in [0.717, 1.165) is 6.20 Å². The van der Waals surface area contributed by atoms with Crippen LogP contribution in [0.15, 0.2) is 23.4 Å². The Morgan fingerprint density at radius 2 is 2.21 bits per heavy atom. The minimum atomic E-state index is -3.82. The van der Waals surface area contributed by atoms with Crippen molar-refractivity contribution in [3.63, 3.8) is 0 Å². The van der Waals surface area contributed by atoms with Crippen LogP contribution in [0.3, 0.4) is 0 Å². The van der Waals surface area contributed by atoms with E-state index in [9.17, 15) is 13.2 Å². The first kappa shape index (κ1) is 15.1. The summed E-state index contributed by atoms with van der Waals surface area (Å²) in [6, 6.07) is 1.31. The number of pyridine rings is 1. The molecule has 0 aromatic carbocycles. The first-order valence-corrected chi connectivity index (χ1v) is 6.73. The number of nitrogens with one attached hydrogen (secondary N) is 2. The number of carbonyl (C=O) groups is 1. The fourth-order valence-corrected chi connectivity index (χ4v) is 2.08. The van der Waals surface area contributed by atoms with E-state index in [1.54, 1.807) is 0 Å². The van der Waals surface area contributed by atoms with Gasteiger partial charge in [-0.25, -0.2) is 13.1 Å². The van der Waals surface area contributed by atoms with E-state index >= 15 is 0 Å². The van der Waals surface area contributed by atoms with Gasteiger partial charge in [0.15, 0.2) is 0 Å². The van der Waals surface area contributed by atoms with Crippen LogP contribution in [0.25, 0.3) is 0 Å². The Morgan fingerprint density at radius 3 is 2.84 bits per heavy atom. The molecule has 0 atom stereocenters.